The lowest BCUT2D eigenvalue weighted by molar-refractivity contribution is 0.102. The van der Waals surface area contributed by atoms with Crippen LogP contribution >= 0.6 is 11.8 Å². The Labute approximate surface area is 170 Å². The van der Waals surface area contributed by atoms with Crippen molar-refractivity contribution >= 4 is 34.1 Å². The van der Waals surface area contributed by atoms with Crippen molar-refractivity contribution in [1.29, 1.82) is 0 Å². The number of nitrogens with one attached hydrogen (secondary N) is 1. The Morgan fingerprint density at radius 1 is 1.03 bits per heavy atom. The molecule has 4 rings (SSSR count). The average Bonchev–Trinajstić information content (AvgIpc) is 2.73. The van der Waals surface area contributed by atoms with Crippen molar-refractivity contribution in [1.82, 2.24) is 19.7 Å². The Kier molecular flexibility index (Phi) is 5.09. The van der Waals surface area contributed by atoms with E-state index in [1.54, 1.807) is 42.7 Å². The predicted octanol–water partition coefficient (Wildman–Crippen LogP) is 3.44. The average molecular weight is 403 g/mol. The molecule has 2 aromatic carbocycles. The molecule has 0 spiro atoms. The van der Waals surface area contributed by atoms with Crippen LogP contribution in [0.5, 0.6) is 0 Å². The topological polar surface area (TPSA) is 89.8 Å². The Balaban J connectivity index is 1.62. The van der Waals surface area contributed by atoms with E-state index in [1.165, 1.54) is 23.5 Å². The SMILES string of the molecule is Cc1cc(Sc2ncccn2)ccc1NC(=O)c1nn(C)c(=O)c2ccccc12. The van der Waals surface area contributed by atoms with Gasteiger partial charge in [0.2, 0.25) is 0 Å². The van der Waals surface area contributed by atoms with Gasteiger partial charge in [0, 0.05) is 35.4 Å². The maximum Gasteiger partial charge on any atom is 0.276 e. The lowest BCUT2D eigenvalue weighted by atomic mass is 10.1. The first-order valence-electron chi connectivity index (χ1n) is 8.86. The number of hydrogen-bond donors (Lipinski definition) is 1. The number of nitrogens with zero attached hydrogens (tertiary/aromatic N) is 4. The molecule has 0 aliphatic carbocycles. The lowest BCUT2D eigenvalue weighted by Gasteiger charge is -2.11. The highest BCUT2D eigenvalue weighted by Crippen LogP contribution is 2.28. The van der Waals surface area contributed by atoms with Crippen molar-refractivity contribution in [2.45, 2.75) is 17.0 Å². The standard InChI is InChI=1S/C21H17N5O2S/c1-13-12-14(29-21-22-10-5-11-23-21)8-9-17(13)24-19(27)18-15-6-3-4-7-16(15)20(28)26(2)25-18/h3-12H,1-2H3,(H,24,27). The summed E-state index contributed by atoms with van der Waals surface area (Å²) in [5, 5.41) is 8.71. The zero-order chi connectivity index (χ0) is 20.4. The molecule has 0 unspecified atom stereocenters. The molecule has 0 atom stereocenters. The molecule has 0 aliphatic rings. The number of amides is 1. The van der Waals surface area contributed by atoms with E-state index in [0.717, 1.165) is 10.5 Å². The third-order valence-corrected chi connectivity index (χ3v) is 5.25. The van der Waals surface area contributed by atoms with Gasteiger partial charge < -0.3 is 5.32 Å². The van der Waals surface area contributed by atoms with E-state index in [-0.39, 0.29) is 17.2 Å². The van der Waals surface area contributed by atoms with Crippen molar-refractivity contribution in [2.24, 2.45) is 7.05 Å². The van der Waals surface area contributed by atoms with Gasteiger partial charge in [0.05, 0.1) is 5.39 Å². The number of carbonyl (C=O) groups is 1. The van der Waals surface area contributed by atoms with Crippen LogP contribution in [-0.2, 0) is 7.05 Å². The second-order valence-electron chi connectivity index (χ2n) is 6.39. The summed E-state index contributed by atoms with van der Waals surface area (Å²) in [6.07, 6.45) is 3.39. The number of rotatable bonds is 4. The van der Waals surface area contributed by atoms with Crippen LogP contribution in [-0.4, -0.2) is 25.7 Å². The maximum absolute atomic E-state index is 12.9. The van der Waals surface area contributed by atoms with E-state index >= 15 is 0 Å². The molecular formula is C21H17N5O2S. The Morgan fingerprint density at radius 3 is 2.48 bits per heavy atom. The van der Waals surface area contributed by atoms with Crippen molar-refractivity contribution in [3.05, 3.63) is 82.5 Å². The molecule has 29 heavy (non-hydrogen) atoms. The number of hydrogen-bond acceptors (Lipinski definition) is 6. The Bertz CT molecular complexity index is 1270. The molecule has 8 heteroatoms. The van der Waals surface area contributed by atoms with Crippen LogP contribution in [0.15, 0.2) is 75.8 Å². The van der Waals surface area contributed by atoms with Gasteiger partial charge in [-0.15, -0.1) is 0 Å². The van der Waals surface area contributed by atoms with Gasteiger partial charge in [0.1, 0.15) is 0 Å². The number of fused-ring (bicyclic) bond motifs is 1. The fourth-order valence-corrected chi connectivity index (χ4v) is 3.74. The second-order valence-corrected chi connectivity index (χ2v) is 7.43. The van der Waals surface area contributed by atoms with Crippen LogP contribution in [0.3, 0.4) is 0 Å². The summed E-state index contributed by atoms with van der Waals surface area (Å²) in [5.41, 5.74) is 1.54. The highest BCUT2D eigenvalue weighted by atomic mass is 32.2. The highest BCUT2D eigenvalue weighted by molar-refractivity contribution is 7.99. The van der Waals surface area contributed by atoms with Crippen LogP contribution in [0.4, 0.5) is 5.69 Å². The van der Waals surface area contributed by atoms with E-state index in [1.807, 2.05) is 25.1 Å². The molecular weight excluding hydrogens is 386 g/mol. The fourth-order valence-electron chi connectivity index (χ4n) is 2.93. The summed E-state index contributed by atoms with van der Waals surface area (Å²) in [7, 11) is 1.54. The van der Waals surface area contributed by atoms with Gasteiger partial charge in [-0.3, -0.25) is 9.59 Å². The maximum atomic E-state index is 12.9. The predicted molar refractivity (Wildman–Crippen MR) is 112 cm³/mol. The minimum atomic E-state index is -0.369. The van der Waals surface area contributed by atoms with Crippen LogP contribution in [0, 0.1) is 6.92 Å². The zero-order valence-electron chi connectivity index (χ0n) is 15.8. The van der Waals surface area contributed by atoms with Gasteiger partial charge >= 0.3 is 0 Å². The summed E-state index contributed by atoms with van der Waals surface area (Å²) >= 11 is 1.45. The van der Waals surface area contributed by atoms with E-state index in [4.69, 9.17) is 0 Å². The summed E-state index contributed by atoms with van der Waals surface area (Å²) in [6, 6.07) is 14.4. The number of anilines is 1. The molecule has 2 heterocycles. The first-order valence-corrected chi connectivity index (χ1v) is 9.67. The Morgan fingerprint density at radius 2 is 1.76 bits per heavy atom. The quantitative estimate of drug-likeness (QED) is 0.525. The third kappa shape index (κ3) is 3.88. The molecule has 2 aromatic heterocycles. The van der Waals surface area contributed by atoms with Crippen molar-refractivity contribution in [3.63, 3.8) is 0 Å². The van der Waals surface area contributed by atoms with E-state index < -0.39 is 0 Å². The normalized spacial score (nSPS) is 10.8. The number of benzene rings is 2. The Hall–Kier alpha value is -3.52. The minimum Gasteiger partial charge on any atom is -0.320 e. The van der Waals surface area contributed by atoms with Gasteiger partial charge in [-0.05, 0) is 54.6 Å². The van der Waals surface area contributed by atoms with Crippen molar-refractivity contribution in [2.75, 3.05) is 5.32 Å². The lowest BCUT2D eigenvalue weighted by Crippen LogP contribution is -2.25. The van der Waals surface area contributed by atoms with Crippen molar-refractivity contribution < 1.29 is 4.79 Å². The van der Waals surface area contributed by atoms with Crippen LogP contribution in [0.25, 0.3) is 10.8 Å². The zero-order valence-corrected chi connectivity index (χ0v) is 16.6. The molecule has 144 valence electrons. The molecule has 7 nitrogen and oxygen atoms in total. The molecule has 0 aliphatic heterocycles. The van der Waals surface area contributed by atoms with Crippen LogP contribution in [0.1, 0.15) is 16.1 Å². The summed E-state index contributed by atoms with van der Waals surface area (Å²) in [5.74, 6) is -0.369. The van der Waals surface area contributed by atoms with Crippen molar-refractivity contribution in [3.8, 4) is 0 Å². The van der Waals surface area contributed by atoms with Gasteiger partial charge in [0.15, 0.2) is 10.9 Å². The van der Waals surface area contributed by atoms with Gasteiger partial charge in [-0.25, -0.2) is 14.6 Å². The van der Waals surface area contributed by atoms with E-state index in [0.29, 0.717) is 21.6 Å². The molecule has 4 aromatic rings. The monoisotopic (exact) mass is 403 g/mol. The smallest absolute Gasteiger partial charge is 0.276 e. The number of carbonyl (C=O) groups excluding carboxylic acids is 1. The van der Waals surface area contributed by atoms with Gasteiger partial charge in [0.25, 0.3) is 11.5 Å². The third-order valence-electron chi connectivity index (χ3n) is 4.37. The fraction of sp³-hybridized carbons (Fsp3) is 0.0952. The molecule has 0 saturated carbocycles. The first-order chi connectivity index (χ1) is 14.0. The summed E-state index contributed by atoms with van der Waals surface area (Å²) in [4.78, 5) is 34.5. The molecule has 1 amide bonds. The largest absolute Gasteiger partial charge is 0.320 e. The molecule has 1 N–H and O–H groups in total. The second kappa shape index (κ2) is 7.84. The minimum absolute atomic E-state index is 0.207. The molecule has 0 fully saturated rings. The van der Waals surface area contributed by atoms with E-state index in [9.17, 15) is 9.59 Å². The van der Waals surface area contributed by atoms with Gasteiger partial charge in [-0.2, -0.15) is 5.10 Å². The van der Waals surface area contributed by atoms with Crippen LogP contribution < -0.4 is 10.9 Å². The van der Waals surface area contributed by atoms with Gasteiger partial charge in [-0.1, -0.05) is 18.2 Å². The molecule has 0 radical (unpaired) electrons. The molecule has 0 bridgehead atoms. The number of aromatic nitrogens is 4. The van der Waals surface area contributed by atoms with E-state index in [2.05, 4.69) is 20.4 Å². The molecule has 0 saturated heterocycles. The summed E-state index contributed by atoms with van der Waals surface area (Å²) in [6.45, 7) is 1.91. The summed E-state index contributed by atoms with van der Waals surface area (Å²) < 4.78 is 1.18. The van der Waals surface area contributed by atoms with Crippen LogP contribution in [0.2, 0.25) is 0 Å². The number of aryl methyl sites for hydroxylation is 2. The highest BCUT2D eigenvalue weighted by Gasteiger charge is 2.16. The first kappa shape index (κ1) is 18.8.